The number of benzene rings is 2. The monoisotopic (exact) mass is 358 g/mol. The molecule has 0 atom stereocenters. The third-order valence-electron chi connectivity index (χ3n) is 3.20. The van der Waals surface area contributed by atoms with Crippen LogP contribution in [0.4, 0.5) is 0 Å². The Morgan fingerprint density at radius 3 is 2.54 bits per heavy atom. The van der Waals surface area contributed by atoms with Crippen LogP contribution in [0.15, 0.2) is 70.2 Å². The van der Waals surface area contributed by atoms with Gasteiger partial charge in [-0.15, -0.1) is 0 Å². The minimum Gasteiger partial charge on any atom is -0.455 e. The summed E-state index contributed by atoms with van der Waals surface area (Å²) in [4.78, 5) is 11.9. The molecule has 1 aromatic heterocycles. The minimum atomic E-state index is -0.349. The van der Waals surface area contributed by atoms with Gasteiger partial charge in [-0.25, -0.2) is 5.43 Å². The molecule has 0 saturated carbocycles. The second kappa shape index (κ2) is 7.34. The van der Waals surface area contributed by atoms with Crippen molar-refractivity contribution >= 4 is 35.3 Å². The van der Waals surface area contributed by atoms with E-state index < -0.39 is 0 Å². The Kier molecular flexibility index (Phi) is 4.99. The molecule has 0 spiro atoms. The van der Waals surface area contributed by atoms with Crippen molar-refractivity contribution < 1.29 is 9.21 Å². The number of carbonyl (C=O) groups is 1. The van der Waals surface area contributed by atoms with Crippen molar-refractivity contribution in [2.24, 2.45) is 5.10 Å². The number of furan rings is 1. The Bertz CT molecular complexity index is 886. The lowest BCUT2D eigenvalue weighted by atomic mass is 10.2. The number of nitrogens with zero attached hydrogens (tertiary/aromatic N) is 1. The lowest BCUT2D eigenvalue weighted by Gasteiger charge is -1.99. The maximum absolute atomic E-state index is 11.9. The van der Waals surface area contributed by atoms with Crippen LogP contribution >= 0.6 is 23.2 Å². The normalized spacial score (nSPS) is 10.9. The molecule has 0 fully saturated rings. The molecule has 0 aliphatic carbocycles. The Morgan fingerprint density at radius 1 is 1.00 bits per heavy atom. The molecule has 0 aliphatic rings. The molecule has 4 nitrogen and oxygen atoms in total. The number of hydrazone groups is 1. The van der Waals surface area contributed by atoms with Crippen molar-refractivity contribution in [3.05, 3.63) is 82.0 Å². The molecule has 0 radical (unpaired) electrons. The summed E-state index contributed by atoms with van der Waals surface area (Å²) in [5, 5.41) is 5.04. The molecule has 24 heavy (non-hydrogen) atoms. The summed E-state index contributed by atoms with van der Waals surface area (Å²) in [6.45, 7) is 0. The fraction of sp³-hybridized carbons (Fsp3) is 0. The Labute approximate surface area is 148 Å². The van der Waals surface area contributed by atoms with Gasteiger partial charge in [0.2, 0.25) is 0 Å². The van der Waals surface area contributed by atoms with Gasteiger partial charge in [0, 0.05) is 21.2 Å². The van der Waals surface area contributed by atoms with E-state index >= 15 is 0 Å². The summed E-state index contributed by atoms with van der Waals surface area (Å²) in [5.41, 5.74) is 3.76. The van der Waals surface area contributed by atoms with Gasteiger partial charge < -0.3 is 4.42 Å². The van der Waals surface area contributed by atoms with Gasteiger partial charge in [-0.05, 0) is 54.6 Å². The van der Waals surface area contributed by atoms with E-state index in [9.17, 15) is 4.79 Å². The molecule has 1 heterocycles. The molecule has 3 aromatic rings. The van der Waals surface area contributed by atoms with Crippen molar-refractivity contribution in [3.8, 4) is 11.3 Å². The van der Waals surface area contributed by atoms with E-state index in [1.807, 2.05) is 18.2 Å². The van der Waals surface area contributed by atoms with E-state index in [-0.39, 0.29) is 5.91 Å². The van der Waals surface area contributed by atoms with Crippen LogP contribution in [0, 0.1) is 0 Å². The minimum absolute atomic E-state index is 0.349. The van der Waals surface area contributed by atoms with Gasteiger partial charge >= 0.3 is 0 Å². The lowest BCUT2D eigenvalue weighted by Crippen LogP contribution is -2.17. The summed E-state index contributed by atoms with van der Waals surface area (Å²) < 4.78 is 5.65. The average Bonchev–Trinajstić information content (AvgIpc) is 3.04. The Hall–Kier alpha value is -2.56. The van der Waals surface area contributed by atoms with Gasteiger partial charge in [-0.3, -0.25) is 4.79 Å². The van der Waals surface area contributed by atoms with Crippen molar-refractivity contribution in [3.63, 3.8) is 0 Å². The second-order valence-corrected chi connectivity index (χ2v) is 5.79. The first-order valence-electron chi connectivity index (χ1n) is 7.06. The van der Waals surface area contributed by atoms with E-state index in [1.54, 1.807) is 42.5 Å². The second-order valence-electron chi connectivity index (χ2n) is 4.92. The standard InChI is InChI=1S/C18H12Cl2N2O2/c19-14-6-4-12(5-7-14)17-9-8-16(24-17)11-21-22-18(23)13-2-1-3-15(20)10-13/h1-11H,(H,22,23). The van der Waals surface area contributed by atoms with Crippen molar-refractivity contribution in [2.75, 3.05) is 0 Å². The molecular weight excluding hydrogens is 347 g/mol. The van der Waals surface area contributed by atoms with Gasteiger partial charge in [-0.1, -0.05) is 29.3 Å². The number of amides is 1. The molecule has 1 amide bonds. The van der Waals surface area contributed by atoms with E-state index in [0.29, 0.717) is 27.1 Å². The molecule has 1 N–H and O–H groups in total. The zero-order valence-electron chi connectivity index (χ0n) is 12.4. The molecule has 120 valence electrons. The van der Waals surface area contributed by atoms with Crippen LogP contribution < -0.4 is 5.43 Å². The smallest absolute Gasteiger partial charge is 0.271 e. The molecule has 0 saturated heterocycles. The summed E-state index contributed by atoms with van der Waals surface area (Å²) >= 11 is 11.7. The van der Waals surface area contributed by atoms with Crippen LogP contribution in [0.3, 0.4) is 0 Å². The Morgan fingerprint density at radius 2 is 1.79 bits per heavy atom. The third kappa shape index (κ3) is 4.04. The van der Waals surface area contributed by atoms with Crippen molar-refractivity contribution in [1.82, 2.24) is 5.43 Å². The molecular formula is C18H12Cl2N2O2. The zero-order chi connectivity index (χ0) is 16.9. The summed E-state index contributed by atoms with van der Waals surface area (Å²) in [6.07, 6.45) is 1.43. The molecule has 3 rings (SSSR count). The van der Waals surface area contributed by atoms with E-state index in [0.717, 1.165) is 5.56 Å². The van der Waals surface area contributed by atoms with Gasteiger partial charge in [0.25, 0.3) is 5.91 Å². The highest BCUT2D eigenvalue weighted by molar-refractivity contribution is 6.31. The third-order valence-corrected chi connectivity index (χ3v) is 3.69. The van der Waals surface area contributed by atoms with Crippen LogP contribution in [0.25, 0.3) is 11.3 Å². The van der Waals surface area contributed by atoms with Crippen LogP contribution in [0.1, 0.15) is 16.1 Å². The predicted molar refractivity (Wildman–Crippen MR) is 95.7 cm³/mol. The topological polar surface area (TPSA) is 54.6 Å². The van der Waals surface area contributed by atoms with Crippen LogP contribution in [0.2, 0.25) is 10.0 Å². The summed E-state index contributed by atoms with van der Waals surface area (Å²) in [6, 6.07) is 17.5. The molecule has 6 heteroatoms. The van der Waals surface area contributed by atoms with Crippen molar-refractivity contribution in [1.29, 1.82) is 0 Å². The van der Waals surface area contributed by atoms with Gasteiger partial charge in [-0.2, -0.15) is 5.10 Å². The first kappa shape index (κ1) is 16.3. The van der Waals surface area contributed by atoms with E-state index in [1.165, 1.54) is 6.21 Å². The molecule has 0 aliphatic heterocycles. The fourth-order valence-electron chi connectivity index (χ4n) is 2.04. The fourth-order valence-corrected chi connectivity index (χ4v) is 2.36. The van der Waals surface area contributed by atoms with Crippen molar-refractivity contribution in [2.45, 2.75) is 0 Å². The first-order chi connectivity index (χ1) is 11.6. The number of hydrogen-bond donors (Lipinski definition) is 1. The summed E-state index contributed by atoms with van der Waals surface area (Å²) in [5.74, 6) is 0.860. The number of nitrogens with one attached hydrogen (secondary N) is 1. The van der Waals surface area contributed by atoms with Crippen LogP contribution in [-0.4, -0.2) is 12.1 Å². The number of carbonyl (C=O) groups excluding carboxylic acids is 1. The maximum atomic E-state index is 11.9. The lowest BCUT2D eigenvalue weighted by molar-refractivity contribution is 0.0955. The van der Waals surface area contributed by atoms with E-state index in [2.05, 4.69) is 10.5 Å². The summed E-state index contributed by atoms with van der Waals surface area (Å²) in [7, 11) is 0. The maximum Gasteiger partial charge on any atom is 0.271 e. The highest BCUT2D eigenvalue weighted by Crippen LogP contribution is 2.23. The zero-order valence-corrected chi connectivity index (χ0v) is 13.9. The first-order valence-corrected chi connectivity index (χ1v) is 7.82. The molecule has 0 bridgehead atoms. The predicted octanol–water partition coefficient (Wildman–Crippen LogP) is 5.02. The number of rotatable bonds is 4. The SMILES string of the molecule is O=C(NN=Cc1ccc(-c2ccc(Cl)cc2)o1)c1cccc(Cl)c1. The number of hydrogen-bond acceptors (Lipinski definition) is 3. The van der Waals surface area contributed by atoms with Crippen LogP contribution in [0.5, 0.6) is 0 Å². The molecule has 2 aromatic carbocycles. The Balaban J connectivity index is 1.65. The van der Waals surface area contributed by atoms with Gasteiger partial charge in [0.05, 0.1) is 6.21 Å². The highest BCUT2D eigenvalue weighted by atomic mass is 35.5. The molecule has 0 unspecified atom stereocenters. The van der Waals surface area contributed by atoms with E-state index in [4.69, 9.17) is 27.6 Å². The quantitative estimate of drug-likeness (QED) is 0.525. The van der Waals surface area contributed by atoms with Gasteiger partial charge in [0.1, 0.15) is 11.5 Å². The largest absolute Gasteiger partial charge is 0.455 e. The number of halogens is 2. The van der Waals surface area contributed by atoms with Crippen LogP contribution in [-0.2, 0) is 0 Å². The average molecular weight is 359 g/mol. The highest BCUT2D eigenvalue weighted by Gasteiger charge is 2.05. The van der Waals surface area contributed by atoms with Gasteiger partial charge in [0.15, 0.2) is 0 Å².